The molecule has 25 heavy (non-hydrogen) atoms. The number of hydrogen-bond acceptors (Lipinski definition) is 1. The first kappa shape index (κ1) is 18.5. The van der Waals surface area contributed by atoms with Crippen molar-refractivity contribution in [1.82, 2.24) is 0 Å². The van der Waals surface area contributed by atoms with Gasteiger partial charge in [-0.2, -0.15) is 0 Å². The normalized spacial score (nSPS) is 30.5. The van der Waals surface area contributed by atoms with Crippen LogP contribution in [0.3, 0.4) is 0 Å². The van der Waals surface area contributed by atoms with Gasteiger partial charge < -0.3 is 4.74 Å². The Kier molecular flexibility index (Phi) is 6.95. The Labute approximate surface area is 152 Å². The minimum Gasteiger partial charge on any atom is -0.497 e. The van der Waals surface area contributed by atoms with E-state index in [4.69, 9.17) is 4.74 Å². The van der Waals surface area contributed by atoms with Crippen LogP contribution in [0.4, 0.5) is 4.39 Å². The fourth-order valence-electron chi connectivity index (χ4n) is 4.90. The molecule has 3 rings (SSSR count). The first-order chi connectivity index (χ1) is 12.3. The molecule has 0 spiro atoms. The highest BCUT2D eigenvalue weighted by atomic mass is 19.1. The van der Waals surface area contributed by atoms with Crippen molar-refractivity contribution in [3.05, 3.63) is 42.2 Å². The standard InChI is InChI=1S/C23H33FO/c1-25-23-14-12-22(13-15-23)21-10-8-19(9-11-21)3-2-18-4-6-20(7-5-18)16-17-24/h12-21H,2-11H2,1H3/t18-,19-,20-,21-. The number of benzene rings is 1. The third kappa shape index (κ3) is 5.33. The molecule has 1 aromatic rings. The zero-order valence-corrected chi connectivity index (χ0v) is 15.6. The van der Waals surface area contributed by atoms with Crippen molar-refractivity contribution in [2.45, 2.75) is 70.1 Å². The molecule has 0 unspecified atom stereocenters. The molecule has 0 atom stereocenters. The summed E-state index contributed by atoms with van der Waals surface area (Å²) >= 11 is 0. The lowest BCUT2D eigenvalue weighted by atomic mass is 9.74. The van der Waals surface area contributed by atoms with Crippen LogP contribution in [0.1, 0.15) is 75.7 Å². The Hall–Kier alpha value is -1.31. The van der Waals surface area contributed by atoms with Crippen LogP contribution in [-0.2, 0) is 0 Å². The number of ether oxygens (including phenoxy) is 1. The molecule has 1 aromatic carbocycles. The third-order valence-corrected chi connectivity index (χ3v) is 6.65. The summed E-state index contributed by atoms with van der Waals surface area (Å²) in [6, 6.07) is 8.67. The molecule has 0 N–H and O–H groups in total. The van der Waals surface area contributed by atoms with Gasteiger partial charge in [0.05, 0.1) is 13.4 Å². The molecule has 0 radical (unpaired) electrons. The summed E-state index contributed by atoms with van der Waals surface area (Å²) in [4.78, 5) is 0. The van der Waals surface area contributed by atoms with E-state index in [9.17, 15) is 4.39 Å². The zero-order valence-electron chi connectivity index (χ0n) is 15.6. The van der Waals surface area contributed by atoms with Gasteiger partial charge in [-0.25, -0.2) is 4.39 Å². The smallest absolute Gasteiger partial charge is 0.118 e. The maximum Gasteiger partial charge on any atom is 0.118 e. The van der Waals surface area contributed by atoms with E-state index in [1.165, 1.54) is 69.8 Å². The molecule has 2 fully saturated rings. The van der Waals surface area contributed by atoms with E-state index in [2.05, 4.69) is 24.3 Å². The molecule has 2 aliphatic rings. The fraction of sp³-hybridized carbons (Fsp3) is 0.652. The van der Waals surface area contributed by atoms with Gasteiger partial charge in [-0.3, -0.25) is 0 Å². The molecule has 2 saturated carbocycles. The zero-order chi connectivity index (χ0) is 17.5. The topological polar surface area (TPSA) is 9.23 Å². The highest BCUT2D eigenvalue weighted by molar-refractivity contribution is 5.29. The van der Waals surface area contributed by atoms with Crippen molar-refractivity contribution in [2.75, 3.05) is 7.11 Å². The van der Waals surface area contributed by atoms with Crippen LogP contribution in [0.25, 0.3) is 0 Å². The van der Waals surface area contributed by atoms with Crippen molar-refractivity contribution in [3.8, 4) is 5.75 Å². The average molecular weight is 345 g/mol. The van der Waals surface area contributed by atoms with Crippen LogP contribution >= 0.6 is 0 Å². The Morgan fingerprint density at radius 1 is 0.880 bits per heavy atom. The number of methoxy groups -OCH3 is 1. The molecule has 0 aliphatic heterocycles. The molecule has 0 aromatic heterocycles. The van der Waals surface area contributed by atoms with Crippen LogP contribution in [0.2, 0.25) is 0 Å². The van der Waals surface area contributed by atoms with Gasteiger partial charge in [-0.1, -0.05) is 31.1 Å². The molecule has 0 amide bonds. The molecular weight excluding hydrogens is 311 g/mol. The number of allylic oxidation sites excluding steroid dienone is 1. The Bertz CT molecular complexity index is 520. The van der Waals surface area contributed by atoms with Crippen molar-refractivity contribution >= 4 is 0 Å². The summed E-state index contributed by atoms with van der Waals surface area (Å²) in [6.07, 6.45) is 15.7. The van der Waals surface area contributed by atoms with Crippen molar-refractivity contribution < 1.29 is 9.13 Å². The second-order valence-corrected chi connectivity index (χ2v) is 8.17. The third-order valence-electron chi connectivity index (χ3n) is 6.65. The lowest BCUT2D eigenvalue weighted by Gasteiger charge is -2.31. The molecule has 2 aliphatic carbocycles. The first-order valence-electron chi connectivity index (χ1n) is 10.2. The number of hydrogen-bond donors (Lipinski definition) is 0. The van der Waals surface area contributed by atoms with Gasteiger partial charge in [0.2, 0.25) is 0 Å². The van der Waals surface area contributed by atoms with Crippen LogP contribution in [0.15, 0.2) is 36.7 Å². The van der Waals surface area contributed by atoms with Gasteiger partial charge in [0.25, 0.3) is 0 Å². The van der Waals surface area contributed by atoms with Crippen molar-refractivity contribution in [1.29, 1.82) is 0 Å². The van der Waals surface area contributed by atoms with E-state index in [-0.39, 0.29) is 0 Å². The average Bonchev–Trinajstić information content (AvgIpc) is 2.68. The molecule has 2 heteroatoms. The number of rotatable bonds is 6. The molecule has 0 bridgehead atoms. The lowest BCUT2D eigenvalue weighted by molar-refractivity contribution is 0.245. The van der Waals surface area contributed by atoms with E-state index in [0.29, 0.717) is 5.92 Å². The van der Waals surface area contributed by atoms with Gasteiger partial charge in [0.1, 0.15) is 5.75 Å². The molecular formula is C23H33FO. The van der Waals surface area contributed by atoms with Crippen LogP contribution in [0, 0.1) is 17.8 Å². The summed E-state index contributed by atoms with van der Waals surface area (Å²) in [6.45, 7) is 0. The highest BCUT2D eigenvalue weighted by Crippen LogP contribution is 2.40. The summed E-state index contributed by atoms with van der Waals surface area (Å²) in [5, 5.41) is 0. The maximum atomic E-state index is 12.3. The van der Waals surface area contributed by atoms with Crippen LogP contribution < -0.4 is 4.74 Å². The lowest BCUT2D eigenvalue weighted by Crippen LogP contribution is -2.17. The molecule has 138 valence electrons. The van der Waals surface area contributed by atoms with E-state index >= 15 is 0 Å². The largest absolute Gasteiger partial charge is 0.497 e. The number of halogens is 1. The van der Waals surface area contributed by atoms with E-state index in [0.717, 1.165) is 29.8 Å². The molecule has 0 heterocycles. The Morgan fingerprint density at radius 2 is 1.44 bits per heavy atom. The first-order valence-corrected chi connectivity index (χ1v) is 10.2. The summed E-state index contributed by atoms with van der Waals surface area (Å²) < 4.78 is 17.5. The minimum atomic E-state index is 0.501. The van der Waals surface area contributed by atoms with Gasteiger partial charge >= 0.3 is 0 Å². The highest BCUT2D eigenvalue weighted by Gasteiger charge is 2.24. The van der Waals surface area contributed by atoms with E-state index in [1.807, 2.05) is 0 Å². The van der Waals surface area contributed by atoms with E-state index < -0.39 is 0 Å². The fourth-order valence-corrected chi connectivity index (χ4v) is 4.90. The monoisotopic (exact) mass is 344 g/mol. The van der Waals surface area contributed by atoms with Gasteiger partial charge in [-0.15, -0.1) is 0 Å². The second kappa shape index (κ2) is 9.40. The van der Waals surface area contributed by atoms with Crippen LogP contribution in [-0.4, -0.2) is 7.11 Å². The van der Waals surface area contributed by atoms with Crippen molar-refractivity contribution in [2.24, 2.45) is 17.8 Å². The predicted octanol–water partition coefficient (Wildman–Crippen LogP) is 7.04. The van der Waals surface area contributed by atoms with Gasteiger partial charge in [-0.05, 0) is 92.7 Å². The van der Waals surface area contributed by atoms with Gasteiger partial charge in [0, 0.05) is 0 Å². The van der Waals surface area contributed by atoms with Crippen LogP contribution in [0.5, 0.6) is 5.75 Å². The summed E-state index contributed by atoms with van der Waals surface area (Å²) in [5.41, 5.74) is 1.48. The van der Waals surface area contributed by atoms with Crippen molar-refractivity contribution in [3.63, 3.8) is 0 Å². The molecule has 0 saturated heterocycles. The molecule has 1 nitrogen and oxygen atoms in total. The minimum absolute atomic E-state index is 0.501. The maximum absolute atomic E-state index is 12.3. The summed E-state index contributed by atoms with van der Waals surface area (Å²) in [5.74, 6) is 4.02. The predicted molar refractivity (Wildman–Crippen MR) is 103 cm³/mol. The Balaban J connectivity index is 1.36. The summed E-state index contributed by atoms with van der Waals surface area (Å²) in [7, 11) is 1.73. The van der Waals surface area contributed by atoms with Gasteiger partial charge in [0.15, 0.2) is 0 Å². The Morgan fingerprint density at radius 3 is 1.96 bits per heavy atom. The quantitative estimate of drug-likeness (QED) is 0.538. The second-order valence-electron chi connectivity index (χ2n) is 8.17. The van der Waals surface area contributed by atoms with E-state index in [1.54, 1.807) is 13.2 Å². The SMILES string of the molecule is COc1ccc([C@H]2CC[C@H](CC[C@H]3CC[C@H](C=CF)CC3)CC2)cc1.